The fourth-order valence-corrected chi connectivity index (χ4v) is 5.69. The van der Waals surface area contributed by atoms with Crippen LogP contribution in [0.5, 0.6) is 0 Å². The minimum Gasteiger partial charge on any atom is -0.383 e. The molecule has 0 bridgehead atoms. The van der Waals surface area contributed by atoms with Crippen LogP contribution in [0.4, 0.5) is 0 Å². The molecule has 2 unspecified atom stereocenters. The van der Waals surface area contributed by atoms with Crippen molar-refractivity contribution in [1.29, 1.82) is 0 Å². The Balaban J connectivity index is 2.42. The van der Waals surface area contributed by atoms with Gasteiger partial charge in [0.05, 0.1) is 23.3 Å². The number of ether oxygens (including phenoxy) is 1. The standard InChI is InChI=1S/C22H35N5O4S2/c1-7-16(4)23-20(28)15-32-22-25-24-21(27(22)17(5)14-31-6)18-11-10-12-19(13-18)33(29,30)26(8-2)9-3/h10-13,16-17H,7-9,14-15H2,1-6H3,(H,23,28). The number of rotatable bonds is 13. The van der Waals surface area contributed by atoms with Gasteiger partial charge in [0.25, 0.3) is 0 Å². The number of carbonyl (C=O) groups is 1. The number of thioether (sulfide) groups is 1. The summed E-state index contributed by atoms with van der Waals surface area (Å²) >= 11 is 1.29. The van der Waals surface area contributed by atoms with Crippen molar-refractivity contribution in [3.63, 3.8) is 0 Å². The average molecular weight is 498 g/mol. The van der Waals surface area contributed by atoms with Crippen molar-refractivity contribution in [2.24, 2.45) is 0 Å². The van der Waals surface area contributed by atoms with Crippen LogP contribution in [-0.4, -0.2) is 72.0 Å². The molecule has 0 aliphatic heterocycles. The van der Waals surface area contributed by atoms with Gasteiger partial charge < -0.3 is 10.1 Å². The van der Waals surface area contributed by atoms with Gasteiger partial charge in [-0.2, -0.15) is 4.31 Å². The molecule has 0 saturated carbocycles. The van der Waals surface area contributed by atoms with Crippen molar-refractivity contribution >= 4 is 27.7 Å². The number of nitrogens with zero attached hydrogens (tertiary/aromatic N) is 4. The van der Waals surface area contributed by atoms with Gasteiger partial charge in [-0.15, -0.1) is 10.2 Å². The van der Waals surface area contributed by atoms with E-state index in [4.69, 9.17) is 4.74 Å². The SMILES string of the molecule is CCC(C)NC(=O)CSc1nnc(-c2cccc(S(=O)(=O)N(CC)CC)c2)n1C(C)COC. The Morgan fingerprint density at radius 1 is 1.21 bits per heavy atom. The van der Waals surface area contributed by atoms with Gasteiger partial charge in [-0.3, -0.25) is 9.36 Å². The van der Waals surface area contributed by atoms with Crippen molar-refractivity contribution in [1.82, 2.24) is 24.4 Å². The Labute approximate surface area is 201 Å². The highest BCUT2D eigenvalue weighted by Crippen LogP contribution is 2.30. The van der Waals surface area contributed by atoms with Crippen molar-refractivity contribution in [3.8, 4) is 11.4 Å². The lowest BCUT2D eigenvalue weighted by Gasteiger charge is -2.20. The van der Waals surface area contributed by atoms with Gasteiger partial charge in [0.15, 0.2) is 11.0 Å². The molecule has 33 heavy (non-hydrogen) atoms. The molecule has 1 aromatic heterocycles. The van der Waals surface area contributed by atoms with Gasteiger partial charge in [-0.1, -0.05) is 44.7 Å². The smallest absolute Gasteiger partial charge is 0.243 e. The highest BCUT2D eigenvalue weighted by atomic mass is 32.2. The molecule has 9 nitrogen and oxygen atoms in total. The molecule has 1 N–H and O–H groups in total. The Morgan fingerprint density at radius 3 is 2.52 bits per heavy atom. The molecule has 2 aromatic rings. The minimum atomic E-state index is -3.61. The van der Waals surface area contributed by atoms with Crippen LogP contribution in [0.15, 0.2) is 34.3 Å². The lowest BCUT2D eigenvalue weighted by molar-refractivity contribution is -0.119. The quantitative estimate of drug-likeness (QED) is 0.424. The van der Waals surface area contributed by atoms with Crippen LogP contribution in [0.2, 0.25) is 0 Å². The number of hydrogen-bond donors (Lipinski definition) is 1. The maximum Gasteiger partial charge on any atom is 0.243 e. The third-order valence-corrected chi connectivity index (χ3v) is 8.29. The maximum atomic E-state index is 13.0. The summed E-state index contributed by atoms with van der Waals surface area (Å²) in [5, 5.41) is 12.2. The number of hydrogen-bond acceptors (Lipinski definition) is 7. The number of benzene rings is 1. The summed E-state index contributed by atoms with van der Waals surface area (Å²) < 4.78 is 34.7. The van der Waals surface area contributed by atoms with E-state index in [0.717, 1.165) is 6.42 Å². The molecule has 0 radical (unpaired) electrons. The van der Waals surface area contributed by atoms with Crippen molar-refractivity contribution < 1.29 is 17.9 Å². The summed E-state index contributed by atoms with van der Waals surface area (Å²) in [5.41, 5.74) is 0.634. The summed E-state index contributed by atoms with van der Waals surface area (Å²) in [7, 11) is -2.00. The van der Waals surface area contributed by atoms with E-state index in [1.165, 1.54) is 16.1 Å². The zero-order valence-corrected chi connectivity index (χ0v) is 21.9. The van der Waals surface area contributed by atoms with E-state index in [2.05, 4.69) is 15.5 Å². The Hall–Kier alpha value is -1.95. The van der Waals surface area contributed by atoms with E-state index in [1.807, 2.05) is 45.3 Å². The van der Waals surface area contributed by atoms with E-state index < -0.39 is 10.0 Å². The summed E-state index contributed by atoms with van der Waals surface area (Å²) in [6.07, 6.45) is 0.856. The molecule has 0 aliphatic carbocycles. The van der Waals surface area contributed by atoms with E-state index >= 15 is 0 Å². The van der Waals surface area contributed by atoms with E-state index in [9.17, 15) is 13.2 Å². The van der Waals surface area contributed by atoms with Crippen LogP contribution < -0.4 is 5.32 Å². The Kier molecular flexibility index (Phi) is 10.3. The van der Waals surface area contributed by atoms with Crippen LogP contribution in [0.1, 0.15) is 47.1 Å². The molecule has 184 valence electrons. The molecule has 0 aliphatic rings. The topological polar surface area (TPSA) is 106 Å². The van der Waals surface area contributed by atoms with E-state index in [1.54, 1.807) is 25.3 Å². The van der Waals surface area contributed by atoms with E-state index in [0.29, 0.717) is 36.2 Å². The number of aromatic nitrogens is 3. The monoisotopic (exact) mass is 497 g/mol. The van der Waals surface area contributed by atoms with Crippen LogP contribution in [-0.2, 0) is 19.6 Å². The molecule has 1 aromatic carbocycles. The minimum absolute atomic E-state index is 0.0721. The number of carbonyl (C=O) groups excluding carboxylic acids is 1. The third-order valence-electron chi connectivity index (χ3n) is 5.30. The summed E-state index contributed by atoms with van der Waals surface area (Å²) in [6.45, 7) is 10.8. The normalized spacial score (nSPS) is 13.8. The van der Waals surface area contributed by atoms with Crippen molar-refractivity contribution in [2.45, 2.75) is 63.2 Å². The Morgan fingerprint density at radius 2 is 1.91 bits per heavy atom. The molecule has 11 heteroatoms. The first-order valence-corrected chi connectivity index (χ1v) is 13.6. The second-order valence-corrected chi connectivity index (χ2v) is 10.6. The molecule has 0 spiro atoms. The van der Waals surface area contributed by atoms with Gasteiger partial charge in [-0.25, -0.2) is 8.42 Å². The molecule has 1 amide bonds. The highest BCUT2D eigenvalue weighted by Gasteiger charge is 2.24. The van der Waals surface area contributed by atoms with Gasteiger partial charge >= 0.3 is 0 Å². The number of sulfonamides is 1. The predicted octanol–water partition coefficient (Wildman–Crippen LogP) is 3.19. The molecule has 0 fully saturated rings. The number of nitrogens with one attached hydrogen (secondary N) is 1. The van der Waals surface area contributed by atoms with Gasteiger partial charge in [0.2, 0.25) is 15.9 Å². The molecule has 2 rings (SSSR count). The molecule has 2 atom stereocenters. The van der Waals surface area contributed by atoms with E-state index in [-0.39, 0.29) is 28.6 Å². The van der Waals surface area contributed by atoms with Gasteiger partial charge in [0.1, 0.15) is 0 Å². The average Bonchev–Trinajstić information content (AvgIpc) is 3.22. The lowest BCUT2D eigenvalue weighted by atomic mass is 10.2. The number of amides is 1. The second-order valence-electron chi connectivity index (χ2n) is 7.76. The first-order valence-electron chi connectivity index (χ1n) is 11.2. The largest absolute Gasteiger partial charge is 0.383 e. The summed E-state index contributed by atoms with van der Waals surface area (Å²) in [6, 6.07) is 6.71. The zero-order valence-electron chi connectivity index (χ0n) is 20.2. The molecule has 1 heterocycles. The predicted molar refractivity (Wildman–Crippen MR) is 131 cm³/mol. The first kappa shape index (κ1) is 27.3. The van der Waals surface area contributed by atoms with Gasteiger partial charge in [-0.05, 0) is 32.4 Å². The van der Waals surface area contributed by atoms with Crippen molar-refractivity contribution in [2.75, 3.05) is 32.6 Å². The van der Waals surface area contributed by atoms with Crippen LogP contribution in [0.25, 0.3) is 11.4 Å². The maximum absolute atomic E-state index is 13.0. The first-order chi connectivity index (χ1) is 15.7. The highest BCUT2D eigenvalue weighted by molar-refractivity contribution is 7.99. The fraction of sp³-hybridized carbons (Fsp3) is 0.591. The molecular weight excluding hydrogens is 462 g/mol. The zero-order chi connectivity index (χ0) is 24.6. The van der Waals surface area contributed by atoms with Crippen LogP contribution >= 0.6 is 11.8 Å². The summed E-state index contributed by atoms with van der Waals surface area (Å²) in [5.74, 6) is 0.664. The van der Waals surface area contributed by atoms with Gasteiger partial charge in [0, 0.05) is 31.8 Å². The van der Waals surface area contributed by atoms with Crippen LogP contribution in [0.3, 0.4) is 0 Å². The lowest BCUT2D eigenvalue weighted by Crippen LogP contribution is -2.33. The van der Waals surface area contributed by atoms with Crippen LogP contribution in [0, 0.1) is 0 Å². The second kappa shape index (κ2) is 12.5. The number of methoxy groups -OCH3 is 1. The summed E-state index contributed by atoms with van der Waals surface area (Å²) in [4.78, 5) is 12.5. The molecular formula is C22H35N5O4S2. The molecule has 0 saturated heterocycles. The van der Waals surface area contributed by atoms with Crippen molar-refractivity contribution in [3.05, 3.63) is 24.3 Å². The third kappa shape index (κ3) is 6.78. The fourth-order valence-electron chi connectivity index (χ4n) is 3.34. The Bertz CT molecular complexity index is 1020.